The molecule has 1 atom stereocenters. The number of piperazine rings is 1. The van der Waals surface area contributed by atoms with Gasteiger partial charge in [-0.15, -0.1) is 0 Å². The van der Waals surface area contributed by atoms with E-state index in [1.165, 1.54) is 37.2 Å². The number of benzene rings is 2. The van der Waals surface area contributed by atoms with Gasteiger partial charge >= 0.3 is 0 Å². The van der Waals surface area contributed by atoms with Crippen molar-refractivity contribution in [2.45, 2.75) is 25.3 Å². The third kappa shape index (κ3) is 3.78. The number of rotatable bonds is 5. The summed E-state index contributed by atoms with van der Waals surface area (Å²) >= 11 is 0. The molecule has 31 heavy (non-hydrogen) atoms. The van der Waals surface area contributed by atoms with Gasteiger partial charge in [0.25, 0.3) is 17.5 Å². The molecule has 1 heterocycles. The van der Waals surface area contributed by atoms with E-state index in [9.17, 15) is 28.5 Å². The van der Waals surface area contributed by atoms with Crippen molar-refractivity contribution in [1.29, 1.82) is 0 Å². The molecule has 162 valence electrons. The Morgan fingerprint density at radius 3 is 2.32 bits per heavy atom. The summed E-state index contributed by atoms with van der Waals surface area (Å²) in [5.74, 6) is -2.30. The van der Waals surface area contributed by atoms with Crippen LogP contribution in [0.3, 0.4) is 0 Å². The largest absolute Gasteiger partial charge is 0.325 e. The standard InChI is InChI=1S/C22H21F2N3O4/c1-4-22(13-14-8-10-15(23)11-9-14)21(29)25(2)19(20(28)26(22)3)12-16-17(24)6-5-7-18(16)27(30)31/h5-12H,4,13H2,1-3H3/b19-12+. The van der Waals surface area contributed by atoms with Crippen molar-refractivity contribution in [1.82, 2.24) is 9.80 Å². The van der Waals surface area contributed by atoms with Crippen molar-refractivity contribution in [3.63, 3.8) is 0 Å². The van der Waals surface area contributed by atoms with Crippen LogP contribution in [0, 0.1) is 21.7 Å². The molecule has 2 aromatic rings. The van der Waals surface area contributed by atoms with Crippen molar-refractivity contribution in [3.05, 3.63) is 81.0 Å². The quantitative estimate of drug-likeness (QED) is 0.414. The molecule has 1 fully saturated rings. The van der Waals surface area contributed by atoms with Gasteiger partial charge in [0.1, 0.15) is 22.9 Å². The second kappa shape index (κ2) is 8.25. The monoisotopic (exact) mass is 429 g/mol. The van der Waals surface area contributed by atoms with E-state index in [0.717, 1.165) is 23.1 Å². The molecule has 2 aromatic carbocycles. The van der Waals surface area contributed by atoms with Gasteiger partial charge in [-0.1, -0.05) is 25.1 Å². The van der Waals surface area contributed by atoms with E-state index >= 15 is 0 Å². The highest BCUT2D eigenvalue weighted by Gasteiger charge is 2.51. The van der Waals surface area contributed by atoms with Crippen molar-refractivity contribution in [3.8, 4) is 0 Å². The summed E-state index contributed by atoms with van der Waals surface area (Å²) < 4.78 is 27.6. The third-order valence-electron chi connectivity index (χ3n) is 5.73. The first kappa shape index (κ1) is 22.1. The zero-order valence-electron chi connectivity index (χ0n) is 17.3. The Balaban J connectivity index is 2.07. The van der Waals surface area contributed by atoms with Gasteiger partial charge in [-0.3, -0.25) is 19.7 Å². The molecule has 0 bridgehead atoms. The lowest BCUT2D eigenvalue weighted by atomic mass is 9.82. The fourth-order valence-corrected chi connectivity index (χ4v) is 3.85. The minimum atomic E-state index is -1.23. The summed E-state index contributed by atoms with van der Waals surface area (Å²) in [6.07, 6.45) is 1.47. The van der Waals surface area contributed by atoms with Crippen LogP contribution in [0.1, 0.15) is 24.5 Å². The number of nitro groups is 1. The van der Waals surface area contributed by atoms with Crippen LogP contribution in [0.5, 0.6) is 0 Å². The molecule has 0 N–H and O–H groups in total. The van der Waals surface area contributed by atoms with E-state index in [1.54, 1.807) is 19.1 Å². The van der Waals surface area contributed by atoms with Gasteiger partial charge in [0, 0.05) is 26.6 Å². The summed E-state index contributed by atoms with van der Waals surface area (Å²) in [7, 11) is 2.84. The van der Waals surface area contributed by atoms with Gasteiger partial charge in [0.05, 0.1) is 10.5 Å². The van der Waals surface area contributed by atoms with E-state index < -0.39 is 39.6 Å². The SMILES string of the molecule is CCC1(Cc2ccc(F)cc2)C(=O)N(C)/C(=C/c2c(F)cccc2[N+](=O)[O-])C(=O)N1C. The first-order valence-electron chi connectivity index (χ1n) is 9.57. The predicted octanol–water partition coefficient (Wildman–Crippen LogP) is 3.54. The minimum Gasteiger partial charge on any atom is -0.325 e. The number of hydrogen-bond donors (Lipinski definition) is 0. The average Bonchev–Trinajstić information content (AvgIpc) is 2.75. The number of likely N-dealkylation sites (N-methyl/N-ethyl adjacent to an activating group) is 2. The molecule has 0 saturated carbocycles. The molecule has 1 aliphatic heterocycles. The number of hydrogen-bond acceptors (Lipinski definition) is 4. The summed E-state index contributed by atoms with van der Waals surface area (Å²) in [6.45, 7) is 1.76. The van der Waals surface area contributed by atoms with Crippen LogP contribution < -0.4 is 0 Å². The molecular weight excluding hydrogens is 408 g/mol. The maximum atomic E-state index is 14.3. The lowest BCUT2D eigenvalue weighted by molar-refractivity contribution is -0.385. The molecule has 0 aliphatic carbocycles. The second-order valence-electron chi connectivity index (χ2n) is 7.38. The van der Waals surface area contributed by atoms with Crippen LogP contribution in [-0.4, -0.2) is 46.2 Å². The highest BCUT2D eigenvalue weighted by Crippen LogP contribution is 2.35. The molecule has 0 aromatic heterocycles. The van der Waals surface area contributed by atoms with Gasteiger partial charge in [-0.05, 0) is 36.3 Å². The van der Waals surface area contributed by atoms with Crippen LogP contribution in [0.15, 0.2) is 48.2 Å². The predicted molar refractivity (Wildman–Crippen MR) is 110 cm³/mol. The van der Waals surface area contributed by atoms with E-state index in [4.69, 9.17) is 0 Å². The average molecular weight is 429 g/mol. The van der Waals surface area contributed by atoms with Crippen LogP contribution >= 0.6 is 0 Å². The highest BCUT2D eigenvalue weighted by atomic mass is 19.1. The zero-order valence-corrected chi connectivity index (χ0v) is 17.3. The number of amides is 2. The second-order valence-corrected chi connectivity index (χ2v) is 7.38. The number of nitrogens with zero attached hydrogens (tertiary/aromatic N) is 3. The Morgan fingerprint density at radius 1 is 1.10 bits per heavy atom. The van der Waals surface area contributed by atoms with Crippen molar-refractivity contribution >= 4 is 23.6 Å². The molecule has 1 unspecified atom stereocenters. The van der Waals surface area contributed by atoms with Gasteiger partial charge in [-0.25, -0.2) is 8.78 Å². The molecule has 9 heteroatoms. The fraction of sp³-hybridized carbons (Fsp3) is 0.273. The maximum absolute atomic E-state index is 14.3. The highest BCUT2D eigenvalue weighted by molar-refractivity contribution is 6.09. The molecule has 0 radical (unpaired) electrons. The van der Waals surface area contributed by atoms with Crippen molar-refractivity contribution < 1.29 is 23.3 Å². The fourth-order valence-electron chi connectivity index (χ4n) is 3.85. The summed E-state index contributed by atoms with van der Waals surface area (Å²) in [5, 5.41) is 11.3. The summed E-state index contributed by atoms with van der Waals surface area (Å²) in [4.78, 5) is 39.5. The first-order chi connectivity index (χ1) is 14.6. The summed E-state index contributed by atoms with van der Waals surface area (Å²) in [6, 6.07) is 9.02. The zero-order chi connectivity index (χ0) is 22.9. The Kier molecular flexibility index (Phi) is 5.88. The first-order valence-corrected chi connectivity index (χ1v) is 9.57. The number of carbonyl (C=O) groups excluding carboxylic acids is 2. The number of halogens is 2. The number of carbonyl (C=O) groups is 2. The Bertz CT molecular complexity index is 1080. The van der Waals surface area contributed by atoms with Crippen LogP contribution in [0.4, 0.5) is 14.5 Å². The third-order valence-corrected chi connectivity index (χ3v) is 5.73. The van der Waals surface area contributed by atoms with E-state index in [1.807, 2.05) is 0 Å². The molecule has 3 rings (SSSR count). The normalized spacial score (nSPS) is 20.5. The molecule has 1 aliphatic rings. The van der Waals surface area contributed by atoms with Gasteiger partial charge < -0.3 is 9.80 Å². The Labute approximate surface area is 177 Å². The van der Waals surface area contributed by atoms with Gasteiger partial charge in [0.15, 0.2) is 0 Å². The van der Waals surface area contributed by atoms with Gasteiger partial charge in [-0.2, -0.15) is 0 Å². The van der Waals surface area contributed by atoms with E-state index in [2.05, 4.69) is 0 Å². The summed E-state index contributed by atoms with van der Waals surface area (Å²) in [5.41, 5.74) is -1.64. The maximum Gasteiger partial charge on any atom is 0.279 e. The van der Waals surface area contributed by atoms with E-state index in [0.29, 0.717) is 5.56 Å². The molecule has 2 amide bonds. The lowest BCUT2D eigenvalue weighted by Gasteiger charge is -2.47. The van der Waals surface area contributed by atoms with Crippen molar-refractivity contribution in [2.75, 3.05) is 14.1 Å². The Morgan fingerprint density at radius 2 is 1.74 bits per heavy atom. The number of nitro benzene ring substituents is 1. The topological polar surface area (TPSA) is 83.8 Å². The molecule has 7 nitrogen and oxygen atoms in total. The lowest BCUT2D eigenvalue weighted by Crippen LogP contribution is -2.65. The van der Waals surface area contributed by atoms with E-state index in [-0.39, 0.29) is 24.1 Å². The van der Waals surface area contributed by atoms with Crippen LogP contribution in [0.25, 0.3) is 6.08 Å². The molecular formula is C22H21F2N3O4. The smallest absolute Gasteiger partial charge is 0.279 e. The van der Waals surface area contributed by atoms with Crippen molar-refractivity contribution in [2.24, 2.45) is 0 Å². The minimum absolute atomic E-state index is 0.155. The Hall–Kier alpha value is -3.62. The van der Waals surface area contributed by atoms with Crippen LogP contribution in [-0.2, 0) is 16.0 Å². The molecule has 1 saturated heterocycles. The molecule has 0 spiro atoms. The van der Waals surface area contributed by atoms with Crippen LogP contribution in [0.2, 0.25) is 0 Å². The van der Waals surface area contributed by atoms with Gasteiger partial charge in [0.2, 0.25) is 0 Å².